The fourth-order valence-electron chi connectivity index (χ4n) is 4.70. The number of hydrogen-bond acceptors (Lipinski definition) is 2. The lowest BCUT2D eigenvalue weighted by molar-refractivity contribution is 0.0459. The molecule has 26 heavy (non-hydrogen) atoms. The van der Waals surface area contributed by atoms with Crippen molar-refractivity contribution in [3.05, 3.63) is 65.2 Å². The second-order valence-electron chi connectivity index (χ2n) is 9.00. The highest BCUT2D eigenvalue weighted by molar-refractivity contribution is 5.54. The number of nitrogens with zero attached hydrogens (tertiary/aromatic N) is 2. The van der Waals surface area contributed by atoms with E-state index in [0.29, 0.717) is 5.54 Å². The van der Waals surface area contributed by atoms with Crippen molar-refractivity contribution in [1.82, 2.24) is 4.90 Å². The maximum atomic E-state index is 2.60. The topological polar surface area (TPSA) is 6.48 Å². The number of benzene rings is 2. The maximum Gasteiger partial charge on any atom is 0.0557 e. The minimum absolute atomic E-state index is 0.0337. The Bertz CT molecular complexity index is 752. The van der Waals surface area contributed by atoms with Crippen molar-refractivity contribution >= 4 is 5.69 Å². The molecular weight excluding hydrogens is 316 g/mol. The predicted octanol–water partition coefficient (Wildman–Crippen LogP) is 5.00. The van der Waals surface area contributed by atoms with Crippen molar-refractivity contribution in [2.45, 2.75) is 51.0 Å². The van der Waals surface area contributed by atoms with Gasteiger partial charge >= 0.3 is 0 Å². The summed E-state index contributed by atoms with van der Waals surface area (Å²) in [6.45, 7) is 10.4. The Kier molecular flexibility index (Phi) is 4.35. The van der Waals surface area contributed by atoms with E-state index in [1.54, 1.807) is 0 Å². The molecule has 0 aromatic heterocycles. The van der Waals surface area contributed by atoms with Crippen LogP contribution in [-0.4, -0.2) is 37.1 Å². The monoisotopic (exact) mass is 348 g/mol. The van der Waals surface area contributed by atoms with Gasteiger partial charge in [-0.1, -0.05) is 62.2 Å². The molecule has 2 aromatic carbocycles. The lowest BCUT2D eigenvalue weighted by Crippen LogP contribution is -2.70. The van der Waals surface area contributed by atoms with E-state index >= 15 is 0 Å². The van der Waals surface area contributed by atoms with Crippen LogP contribution < -0.4 is 4.90 Å². The van der Waals surface area contributed by atoms with Crippen molar-refractivity contribution in [3.8, 4) is 0 Å². The van der Waals surface area contributed by atoms with E-state index in [4.69, 9.17) is 0 Å². The van der Waals surface area contributed by atoms with E-state index < -0.39 is 0 Å². The van der Waals surface area contributed by atoms with Gasteiger partial charge in [0.05, 0.1) is 5.54 Å². The van der Waals surface area contributed by atoms with Gasteiger partial charge in [0.15, 0.2) is 0 Å². The standard InChI is InChI=1S/C24H32N2/c1-19-7-9-20(10-8-19)23(2,3)21-11-13-22(14-12-21)26-17-24(18-26)15-5-6-16-25(24)4/h7-14H,5-6,15-18H2,1-4H3. The summed E-state index contributed by atoms with van der Waals surface area (Å²) in [4.78, 5) is 5.15. The van der Waals surface area contributed by atoms with Gasteiger partial charge in [0.1, 0.15) is 0 Å². The third-order valence-corrected chi connectivity index (χ3v) is 6.89. The van der Waals surface area contributed by atoms with Crippen molar-refractivity contribution < 1.29 is 0 Å². The van der Waals surface area contributed by atoms with Gasteiger partial charge in [0.25, 0.3) is 0 Å². The molecule has 2 aromatic rings. The minimum atomic E-state index is 0.0337. The highest BCUT2D eigenvalue weighted by Gasteiger charge is 2.46. The predicted molar refractivity (Wildman–Crippen MR) is 111 cm³/mol. The first-order chi connectivity index (χ1) is 12.4. The van der Waals surface area contributed by atoms with Crippen molar-refractivity contribution in [1.29, 1.82) is 0 Å². The summed E-state index contributed by atoms with van der Waals surface area (Å²) in [7, 11) is 2.31. The Labute approximate surface area is 158 Å². The summed E-state index contributed by atoms with van der Waals surface area (Å²) >= 11 is 0. The molecule has 0 bridgehead atoms. The average molecular weight is 349 g/mol. The van der Waals surface area contributed by atoms with Gasteiger partial charge in [-0.05, 0) is 56.6 Å². The number of likely N-dealkylation sites (tertiary alicyclic amines) is 1. The molecule has 0 saturated carbocycles. The summed E-state index contributed by atoms with van der Waals surface area (Å²) < 4.78 is 0. The molecule has 0 radical (unpaired) electrons. The molecule has 2 aliphatic heterocycles. The largest absolute Gasteiger partial charge is 0.368 e. The van der Waals surface area contributed by atoms with Crippen LogP contribution in [-0.2, 0) is 5.41 Å². The zero-order valence-corrected chi connectivity index (χ0v) is 16.8. The Morgan fingerprint density at radius 2 is 1.42 bits per heavy atom. The molecule has 2 nitrogen and oxygen atoms in total. The normalized spacial score (nSPS) is 20.2. The van der Waals surface area contributed by atoms with Crippen LogP contribution in [0.4, 0.5) is 5.69 Å². The molecule has 0 atom stereocenters. The molecule has 138 valence electrons. The second-order valence-corrected chi connectivity index (χ2v) is 9.00. The molecule has 2 heterocycles. The highest BCUT2D eigenvalue weighted by atomic mass is 15.3. The van der Waals surface area contributed by atoms with E-state index in [0.717, 1.165) is 0 Å². The summed E-state index contributed by atoms with van der Waals surface area (Å²) in [6, 6.07) is 18.2. The summed E-state index contributed by atoms with van der Waals surface area (Å²) in [5.41, 5.74) is 5.93. The second kappa shape index (κ2) is 6.42. The smallest absolute Gasteiger partial charge is 0.0557 e. The van der Waals surface area contributed by atoms with Crippen LogP contribution in [0.15, 0.2) is 48.5 Å². The Morgan fingerprint density at radius 3 is 2.00 bits per heavy atom. The van der Waals surface area contributed by atoms with Gasteiger partial charge in [-0.2, -0.15) is 0 Å². The lowest BCUT2D eigenvalue weighted by atomic mass is 9.77. The minimum Gasteiger partial charge on any atom is -0.368 e. The molecule has 1 spiro atoms. The number of likely N-dealkylation sites (N-methyl/N-ethyl adjacent to an activating group) is 1. The fraction of sp³-hybridized carbons (Fsp3) is 0.500. The molecule has 4 rings (SSSR count). The van der Waals surface area contributed by atoms with Crippen LogP contribution in [0, 0.1) is 6.92 Å². The number of aryl methyl sites for hydroxylation is 1. The Hall–Kier alpha value is -1.80. The molecule has 0 N–H and O–H groups in total. The van der Waals surface area contributed by atoms with Crippen molar-refractivity contribution in [2.75, 3.05) is 31.6 Å². The van der Waals surface area contributed by atoms with Crippen molar-refractivity contribution in [3.63, 3.8) is 0 Å². The van der Waals surface area contributed by atoms with Crippen molar-refractivity contribution in [2.24, 2.45) is 0 Å². The maximum absolute atomic E-state index is 2.60. The van der Waals surface area contributed by atoms with E-state index in [9.17, 15) is 0 Å². The molecular formula is C24H32N2. The molecule has 2 saturated heterocycles. The third kappa shape index (κ3) is 2.95. The third-order valence-electron chi connectivity index (χ3n) is 6.89. The summed E-state index contributed by atoms with van der Waals surface area (Å²) in [5.74, 6) is 0. The lowest BCUT2D eigenvalue weighted by Gasteiger charge is -2.58. The average Bonchev–Trinajstić information content (AvgIpc) is 2.61. The zero-order valence-electron chi connectivity index (χ0n) is 16.8. The molecule has 0 aliphatic carbocycles. The fourth-order valence-corrected chi connectivity index (χ4v) is 4.70. The summed E-state index contributed by atoms with van der Waals surface area (Å²) in [5, 5.41) is 0. The first kappa shape index (κ1) is 17.6. The number of piperidine rings is 1. The highest BCUT2D eigenvalue weighted by Crippen LogP contribution is 2.39. The zero-order chi connectivity index (χ0) is 18.4. The quantitative estimate of drug-likeness (QED) is 0.770. The van der Waals surface area contributed by atoms with Gasteiger partial charge in [0.2, 0.25) is 0 Å². The van der Waals surface area contributed by atoms with Gasteiger partial charge < -0.3 is 4.90 Å². The van der Waals surface area contributed by atoms with Gasteiger partial charge in [-0.3, -0.25) is 4.90 Å². The van der Waals surface area contributed by atoms with Crippen LogP contribution in [0.3, 0.4) is 0 Å². The first-order valence-corrected chi connectivity index (χ1v) is 10.0. The molecule has 0 amide bonds. The van der Waals surface area contributed by atoms with E-state index in [1.165, 1.54) is 61.3 Å². The van der Waals surface area contributed by atoms with Crippen LogP contribution in [0.1, 0.15) is 49.8 Å². The van der Waals surface area contributed by atoms with Crippen LogP contribution >= 0.6 is 0 Å². The van der Waals surface area contributed by atoms with Crippen LogP contribution in [0.5, 0.6) is 0 Å². The van der Waals surface area contributed by atoms with E-state index in [1.807, 2.05) is 0 Å². The van der Waals surface area contributed by atoms with Gasteiger partial charge in [-0.15, -0.1) is 0 Å². The molecule has 0 unspecified atom stereocenters. The number of rotatable bonds is 3. The van der Waals surface area contributed by atoms with Crippen LogP contribution in [0.25, 0.3) is 0 Å². The number of hydrogen-bond donors (Lipinski definition) is 0. The molecule has 2 heteroatoms. The SMILES string of the molecule is Cc1ccc(C(C)(C)c2ccc(N3CC4(CCCCN4C)C3)cc2)cc1. The van der Waals surface area contributed by atoms with Gasteiger partial charge in [-0.25, -0.2) is 0 Å². The van der Waals surface area contributed by atoms with Gasteiger partial charge in [0, 0.05) is 24.2 Å². The first-order valence-electron chi connectivity index (χ1n) is 10.0. The molecule has 2 fully saturated rings. The van der Waals surface area contributed by atoms with E-state index in [2.05, 4.69) is 86.1 Å². The summed E-state index contributed by atoms with van der Waals surface area (Å²) in [6.07, 6.45) is 4.11. The number of anilines is 1. The van der Waals surface area contributed by atoms with E-state index in [-0.39, 0.29) is 5.41 Å². The molecule has 2 aliphatic rings. The Morgan fingerprint density at radius 1 is 0.846 bits per heavy atom. The van der Waals surface area contributed by atoms with Crippen LogP contribution in [0.2, 0.25) is 0 Å². The Balaban J connectivity index is 1.48.